The Kier molecular flexibility index (Phi) is 5.80. The number of rotatable bonds is 2. The molecule has 1 radical (unpaired) electrons. The first-order chi connectivity index (χ1) is 10.6. The predicted octanol–water partition coefficient (Wildman–Crippen LogP) is 2.82. The van der Waals surface area contributed by atoms with E-state index in [1.54, 1.807) is 36.4 Å². The fraction of sp³-hybridized carbons (Fsp3) is 0.118. The Labute approximate surface area is 159 Å². The summed E-state index contributed by atoms with van der Waals surface area (Å²) in [7, 11) is 0. The number of guanidine groups is 1. The number of Topliss-reactive ketones (excluding diaryl/α,β-unsaturated/α-hetero) is 1. The van der Waals surface area contributed by atoms with Crippen LogP contribution in [0, 0.1) is 0 Å². The number of carbonyl (C=O) groups excluding carboxylic acids is 2. The normalized spacial score (nSPS) is 13.2. The average Bonchev–Trinajstić information content (AvgIpc) is 2.87. The number of benzene rings is 2. The van der Waals surface area contributed by atoms with Gasteiger partial charge in [-0.05, 0) is 22.9 Å². The molecule has 0 atom stereocenters. The molecule has 23 heavy (non-hydrogen) atoms. The maximum absolute atomic E-state index is 11.9. The van der Waals surface area contributed by atoms with Crippen LogP contribution in [-0.2, 0) is 50.3 Å². The molecule has 5 nitrogen and oxygen atoms in total. The van der Waals surface area contributed by atoms with E-state index in [0.717, 1.165) is 11.1 Å². The van der Waals surface area contributed by atoms with Crippen molar-refractivity contribution in [1.82, 2.24) is 5.32 Å². The van der Waals surface area contributed by atoms with Crippen LogP contribution in [0.4, 0.5) is 5.69 Å². The number of nitrogens with zero attached hydrogens (tertiary/aromatic N) is 1. The van der Waals surface area contributed by atoms with Crippen LogP contribution >= 0.6 is 0 Å². The zero-order valence-electron chi connectivity index (χ0n) is 12.4. The van der Waals surface area contributed by atoms with Crippen molar-refractivity contribution in [3.8, 4) is 0 Å². The van der Waals surface area contributed by atoms with Gasteiger partial charge in [-0.1, -0.05) is 42.5 Å². The van der Waals surface area contributed by atoms with Crippen LogP contribution in [0.3, 0.4) is 0 Å². The van der Waals surface area contributed by atoms with E-state index in [2.05, 4.69) is 10.3 Å². The number of amides is 1. The second-order valence-electron chi connectivity index (χ2n) is 5.13. The third-order valence-electron chi connectivity index (χ3n) is 3.47. The van der Waals surface area contributed by atoms with Crippen LogP contribution in [0.5, 0.6) is 0 Å². The smallest absolute Gasteiger partial charge is 0.201 e. The molecule has 2 aromatic carbocycles. The van der Waals surface area contributed by atoms with Gasteiger partial charge in [-0.15, -0.1) is 0 Å². The molecule has 1 aliphatic rings. The SMILES string of the molecule is [NH-]C(=Nc1ccc2c(c1)CC(=O)C2)NC(=O)c1ccccc1.[Y]. The van der Waals surface area contributed by atoms with Gasteiger partial charge in [0, 0.05) is 57.1 Å². The largest absolute Gasteiger partial charge is 0.411 e. The quantitative estimate of drug-likeness (QED) is 0.641. The summed E-state index contributed by atoms with van der Waals surface area (Å²) in [5.41, 5.74) is 10.8. The molecule has 0 aromatic heterocycles. The molecule has 1 amide bonds. The van der Waals surface area contributed by atoms with Crippen molar-refractivity contribution >= 4 is 23.3 Å². The van der Waals surface area contributed by atoms with Gasteiger partial charge in [0.05, 0.1) is 0 Å². The van der Waals surface area contributed by atoms with E-state index in [1.807, 2.05) is 12.1 Å². The zero-order valence-corrected chi connectivity index (χ0v) is 15.2. The van der Waals surface area contributed by atoms with E-state index in [1.165, 1.54) is 0 Å². The number of fused-ring (bicyclic) bond motifs is 1. The summed E-state index contributed by atoms with van der Waals surface area (Å²) in [5, 5.41) is 2.43. The molecule has 0 fully saturated rings. The third kappa shape index (κ3) is 4.33. The number of hydrogen-bond acceptors (Lipinski definition) is 3. The molecule has 0 unspecified atom stereocenters. The Bertz CT molecular complexity index is 773. The number of carbonyl (C=O) groups is 2. The van der Waals surface area contributed by atoms with Crippen LogP contribution in [0.25, 0.3) is 5.73 Å². The zero-order chi connectivity index (χ0) is 15.5. The van der Waals surface area contributed by atoms with E-state index in [-0.39, 0.29) is 50.4 Å². The van der Waals surface area contributed by atoms with E-state index >= 15 is 0 Å². The summed E-state index contributed by atoms with van der Waals surface area (Å²) in [5.74, 6) is -0.400. The van der Waals surface area contributed by atoms with Gasteiger partial charge in [0.15, 0.2) is 0 Å². The molecule has 0 saturated carbocycles. The average molecular weight is 381 g/mol. The van der Waals surface area contributed by atoms with Crippen molar-refractivity contribution < 1.29 is 42.3 Å². The number of aliphatic imine (C=N–C) groups is 1. The van der Waals surface area contributed by atoms with Crippen molar-refractivity contribution in [3.63, 3.8) is 0 Å². The predicted molar refractivity (Wildman–Crippen MR) is 84.2 cm³/mol. The summed E-state index contributed by atoms with van der Waals surface area (Å²) in [6.45, 7) is 0. The molecular formula is C17H14N3O2Y-. The minimum atomic E-state index is -0.370. The first kappa shape index (κ1) is 17.5. The summed E-state index contributed by atoms with van der Waals surface area (Å²) >= 11 is 0. The summed E-state index contributed by atoms with van der Waals surface area (Å²) in [4.78, 5) is 27.4. The fourth-order valence-electron chi connectivity index (χ4n) is 2.43. The standard InChI is InChI=1S/C17H15N3O2.Y/c18-17(20-16(22)11-4-2-1-3-5-11)19-14-7-6-12-9-15(21)10-13(12)8-14;/h1-8H,9-10H2,(H3,18,19,20,22);/p-1. The second-order valence-corrected chi connectivity index (χ2v) is 5.13. The van der Waals surface area contributed by atoms with E-state index in [9.17, 15) is 9.59 Å². The van der Waals surface area contributed by atoms with Crippen LogP contribution in [0.2, 0.25) is 0 Å². The molecule has 0 aliphatic heterocycles. The summed E-state index contributed by atoms with van der Waals surface area (Å²) in [6.07, 6.45) is 0.889. The molecule has 0 spiro atoms. The van der Waals surface area contributed by atoms with Crippen LogP contribution in [-0.4, -0.2) is 17.6 Å². The van der Waals surface area contributed by atoms with Gasteiger partial charge < -0.3 is 16.0 Å². The first-order valence-corrected chi connectivity index (χ1v) is 6.92. The van der Waals surface area contributed by atoms with Gasteiger partial charge in [0.25, 0.3) is 0 Å². The molecule has 2 aromatic rings. The second kappa shape index (κ2) is 7.62. The Hall–Kier alpha value is -1.85. The molecule has 6 heteroatoms. The Balaban J connectivity index is 0.00000192. The Morgan fingerprint density at radius 2 is 1.74 bits per heavy atom. The molecule has 0 bridgehead atoms. The van der Waals surface area contributed by atoms with Gasteiger partial charge in [-0.25, -0.2) is 0 Å². The molecule has 113 valence electrons. The summed E-state index contributed by atoms with van der Waals surface area (Å²) < 4.78 is 0. The maximum atomic E-state index is 11.9. The van der Waals surface area contributed by atoms with Crippen LogP contribution in [0.1, 0.15) is 21.5 Å². The molecule has 0 saturated heterocycles. The monoisotopic (exact) mass is 381 g/mol. The fourth-order valence-corrected chi connectivity index (χ4v) is 2.43. The van der Waals surface area contributed by atoms with Crippen molar-refractivity contribution in [2.24, 2.45) is 4.99 Å². The van der Waals surface area contributed by atoms with Crippen molar-refractivity contribution in [2.45, 2.75) is 12.8 Å². The van der Waals surface area contributed by atoms with Crippen molar-refractivity contribution in [3.05, 3.63) is 71.0 Å². The van der Waals surface area contributed by atoms with E-state index < -0.39 is 0 Å². The molecule has 2 N–H and O–H groups in total. The third-order valence-corrected chi connectivity index (χ3v) is 3.47. The van der Waals surface area contributed by atoms with Gasteiger partial charge in [0.2, 0.25) is 5.91 Å². The molecule has 3 rings (SSSR count). The number of nitrogens with one attached hydrogen (secondary N) is 2. The van der Waals surface area contributed by atoms with Crippen molar-refractivity contribution in [2.75, 3.05) is 0 Å². The maximum Gasteiger partial charge on any atom is 0.201 e. The van der Waals surface area contributed by atoms with Crippen molar-refractivity contribution in [1.29, 1.82) is 0 Å². The Morgan fingerprint density at radius 1 is 1.04 bits per heavy atom. The number of hydrogen-bond donors (Lipinski definition) is 1. The van der Waals surface area contributed by atoms with E-state index in [0.29, 0.717) is 24.1 Å². The van der Waals surface area contributed by atoms with Gasteiger partial charge >= 0.3 is 0 Å². The van der Waals surface area contributed by atoms with Gasteiger partial charge in [0.1, 0.15) is 5.78 Å². The first-order valence-electron chi connectivity index (χ1n) is 6.92. The Morgan fingerprint density at radius 3 is 2.48 bits per heavy atom. The molecular weight excluding hydrogens is 367 g/mol. The molecule has 1 aliphatic carbocycles. The van der Waals surface area contributed by atoms with Crippen LogP contribution in [0.15, 0.2) is 53.5 Å². The topological polar surface area (TPSA) is 82.3 Å². The summed E-state index contributed by atoms with van der Waals surface area (Å²) in [6, 6.07) is 14.1. The number of ketones is 1. The van der Waals surface area contributed by atoms with Gasteiger partial charge in [-0.2, -0.15) is 0 Å². The van der Waals surface area contributed by atoms with E-state index in [4.69, 9.17) is 5.73 Å². The minimum Gasteiger partial charge on any atom is -0.411 e. The minimum absolute atomic E-state index is 0. The van der Waals surface area contributed by atoms with Gasteiger partial charge in [-0.3, -0.25) is 9.59 Å². The molecule has 0 heterocycles. The van der Waals surface area contributed by atoms with Crippen LogP contribution < -0.4 is 5.32 Å².